The number of amides is 1. The molecule has 154 valence electrons. The number of anilines is 1. The first-order valence-corrected chi connectivity index (χ1v) is 10.2. The summed E-state index contributed by atoms with van der Waals surface area (Å²) in [6, 6.07) is 17.3. The zero-order valence-electron chi connectivity index (χ0n) is 17.4. The number of benzene rings is 2. The third kappa shape index (κ3) is 4.13. The van der Waals surface area contributed by atoms with Crippen molar-refractivity contribution in [2.24, 2.45) is 5.92 Å². The summed E-state index contributed by atoms with van der Waals surface area (Å²) in [5.41, 5.74) is 4.24. The molecule has 0 atom stereocenters. The smallest absolute Gasteiger partial charge is 0.309 e. The van der Waals surface area contributed by atoms with Crippen molar-refractivity contribution in [3.8, 4) is 22.7 Å². The van der Waals surface area contributed by atoms with Crippen LogP contribution in [0.1, 0.15) is 45.2 Å². The second-order valence-corrected chi connectivity index (χ2v) is 7.90. The molecule has 0 bridgehead atoms. The van der Waals surface area contributed by atoms with Gasteiger partial charge in [0.05, 0.1) is 16.9 Å². The normalized spacial score (nSPS) is 13.3. The van der Waals surface area contributed by atoms with Crippen LogP contribution in [0.4, 0.5) is 5.69 Å². The van der Waals surface area contributed by atoms with Gasteiger partial charge in [0.25, 0.3) is 0 Å². The van der Waals surface area contributed by atoms with Crippen molar-refractivity contribution in [2.45, 2.75) is 39.5 Å². The average molecular weight is 403 g/mol. The molecule has 3 aromatic rings. The zero-order valence-corrected chi connectivity index (χ0v) is 17.4. The molecule has 30 heavy (non-hydrogen) atoms. The molecule has 1 aromatic heterocycles. The van der Waals surface area contributed by atoms with Gasteiger partial charge in [-0.25, -0.2) is 0 Å². The molecule has 1 aliphatic rings. The van der Waals surface area contributed by atoms with Gasteiger partial charge in [-0.2, -0.15) is 9.78 Å². The molecule has 0 aliphatic heterocycles. The summed E-state index contributed by atoms with van der Waals surface area (Å²) in [5, 5.41) is 7.74. The molecule has 0 spiro atoms. The molecule has 1 amide bonds. The molecule has 1 fully saturated rings. The van der Waals surface area contributed by atoms with Crippen LogP contribution >= 0.6 is 0 Å². The van der Waals surface area contributed by atoms with E-state index in [1.165, 1.54) is 6.92 Å². The summed E-state index contributed by atoms with van der Waals surface area (Å²) in [5.74, 6) is 0.274. The van der Waals surface area contributed by atoms with Gasteiger partial charge < -0.3 is 10.1 Å². The highest BCUT2D eigenvalue weighted by Crippen LogP contribution is 2.48. The Morgan fingerprint density at radius 2 is 1.73 bits per heavy atom. The molecule has 6 heteroatoms. The van der Waals surface area contributed by atoms with Gasteiger partial charge in [0.1, 0.15) is 0 Å². The Hall–Kier alpha value is -3.41. The highest BCUT2D eigenvalue weighted by atomic mass is 16.5. The van der Waals surface area contributed by atoms with Gasteiger partial charge in [0.15, 0.2) is 0 Å². The van der Waals surface area contributed by atoms with Crippen LogP contribution in [0.3, 0.4) is 0 Å². The minimum Gasteiger partial charge on any atom is -0.407 e. The Morgan fingerprint density at radius 3 is 2.30 bits per heavy atom. The Labute approximate surface area is 175 Å². The highest BCUT2D eigenvalue weighted by molar-refractivity contribution is 5.92. The fraction of sp³-hybridized carbons (Fsp3) is 0.292. The van der Waals surface area contributed by atoms with Crippen LogP contribution < -0.4 is 10.1 Å². The molecule has 0 saturated heterocycles. The van der Waals surface area contributed by atoms with Gasteiger partial charge in [0.2, 0.25) is 11.8 Å². The quantitative estimate of drug-likeness (QED) is 0.592. The lowest BCUT2D eigenvalue weighted by atomic mass is 10.0. The van der Waals surface area contributed by atoms with E-state index >= 15 is 0 Å². The molecule has 4 rings (SSSR count). The lowest BCUT2D eigenvalue weighted by Gasteiger charge is -2.11. The van der Waals surface area contributed by atoms with Gasteiger partial charge in [-0.1, -0.05) is 44.2 Å². The van der Waals surface area contributed by atoms with E-state index < -0.39 is 5.97 Å². The Kier molecular flexibility index (Phi) is 5.40. The summed E-state index contributed by atoms with van der Waals surface area (Å²) in [6.45, 7) is 5.11. The highest BCUT2D eigenvalue weighted by Gasteiger charge is 2.34. The van der Waals surface area contributed by atoms with Gasteiger partial charge in [-0.05, 0) is 42.7 Å². The number of nitrogens with one attached hydrogen (secondary N) is 1. The van der Waals surface area contributed by atoms with Crippen molar-refractivity contribution in [3.05, 3.63) is 60.3 Å². The monoisotopic (exact) mass is 403 g/mol. The number of hydrogen-bond acceptors (Lipinski definition) is 4. The van der Waals surface area contributed by atoms with E-state index in [9.17, 15) is 9.59 Å². The van der Waals surface area contributed by atoms with E-state index in [-0.39, 0.29) is 11.8 Å². The number of carbonyl (C=O) groups is 2. The van der Waals surface area contributed by atoms with E-state index in [4.69, 9.17) is 9.84 Å². The van der Waals surface area contributed by atoms with Crippen LogP contribution in [-0.4, -0.2) is 21.7 Å². The summed E-state index contributed by atoms with van der Waals surface area (Å²) in [7, 11) is 0. The molecule has 0 radical (unpaired) electrons. The van der Waals surface area contributed by atoms with E-state index in [1.807, 2.05) is 68.4 Å². The summed E-state index contributed by atoms with van der Waals surface area (Å²) in [4.78, 5) is 23.9. The number of para-hydroxylation sites is 1. The number of carbonyl (C=O) groups excluding carboxylic acids is 2. The molecule has 1 saturated carbocycles. The number of hydrogen-bond donors (Lipinski definition) is 1. The Morgan fingerprint density at radius 1 is 1.07 bits per heavy atom. The van der Waals surface area contributed by atoms with Crippen molar-refractivity contribution in [2.75, 3.05) is 5.32 Å². The number of esters is 1. The maximum Gasteiger partial charge on any atom is 0.309 e. The van der Waals surface area contributed by atoms with Crippen molar-refractivity contribution in [1.82, 2.24) is 9.78 Å². The van der Waals surface area contributed by atoms with Crippen LogP contribution in [0.2, 0.25) is 0 Å². The van der Waals surface area contributed by atoms with Crippen LogP contribution in [0.25, 0.3) is 16.8 Å². The SMILES string of the molecule is CC(=O)Oc1c(-c2ccc(NC(=O)C(C)C)cc2)c(C2CC2)nn1-c1ccccc1. The number of nitrogens with zero attached hydrogens (tertiary/aromatic N) is 2. The Bertz CT molecular complexity index is 1070. The van der Waals surface area contributed by atoms with Crippen LogP contribution in [0, 0.1) is 5.92 Å². The topological polar surface area (TPSA) is 73.2 Å². The van der Waals surface area contributed by atoms with E-state index in [0.29, 0.717) is 11.8 Å². The van der Waals surface area contributed by atoms with Crippen LogP contribution in [-0.2, 0) is 9.59 Å². The summed E-state index contributed by atoms with van der Waals surface area (Å²) in [6.07, 6.45) is 2.14. The average Bonchev–Trinajstić information content (AvgIpc) is 3.51. The Balaban J connectivity index is 1.79. The maximum atomic E-state index is 12.0. The first kappa shape index (κ1) is 19.9. The molecule has 0 unspecified atom stereocenters. The fourth-order valence-corrected chi connectivity index (χ4v) is 3.31. The predicted molar refractivity (Wildman–Crippen MR) is 116 cm³/mol. The molecule has 1 N–H and O–H groups in total. The van der Waals surface area contributed by atoms with Crippen molar-refractivity contribution < 1.29 is 14.3 Å². The minimum absolute atomic E-state index is 0.0288. The molecular weight excluding hydrogens is 378 g/mol. The lowest BCUT2D eigenvalue weighted by Crippen LogP contribution is -2.17. The molecule has 1 aliphatic carbocycles. The molecule has 6 nitrogen and oxygen atoms in total. The third-order valence-electron chi connectivity index (χ3n) is 5.04. The fourth-order valence-electron chi connectivity index (χ4n) is 3.31. The van der Waals surface area contributed by atoms with E-state index in [1.54, 1.807) is 4.68 Å². The second-order valence-electron chi connectivity index (χ2n) is 7.90. The summed E-state index contributed by atoms with van der Waals surface area (Å²) >= 11 is 0. The van der Waals surface area contributed by atoms with Gasteiger partial charge in [-0.3, -0.25) is 9.59 Å². The summed E-state index contributed by atoms with van der Waals surface area (Å²) < 4.78 is 7.37. The first-order chi connectivity index (χ1) is 14.4. The standard InChI is InChI=1S/C24H25N3O3/c1-15(2)23(29)25-19-13-11-17(12-14-19)21-22(18-9-10-18)26-27(24(21)30-16(3)28)20-7-5-4-6-8-20/h4-8,11-15,18H,9-10H2,1-3H3,(H,25,29). The maximum absolute atomic E-state index is 12.0. The van der Waals surface area contributed by atoms with Gasteiger partial charge >= 0.3 is 5.97 Å². The van der Waals surface area contributed by atoms with Crippen molar-refractivity contribution in [3.63, 3.8) is 0 Å². The van der Waals surface area contributed by atoms with E-state index in [2.05, 4.69) is 5.32 Å². The lowest BCUT2D eigenvalue weighted by molar-refractivity contribution is -0.132. The number of ether oxygens (including phenoxy) is 1. The largest absolute Gasteiger partial charge is 0.407 e. The van der Waals surface area contributed by atoms with Gasteiger partial charge in [0, 0.05) is 24.4 Å². The van der Waals surface area contributed by atoms with Crippen LogP contribution in [0.15, 0.2) is 54.6 Å². The number of aromatic nitrogens is 2. The van der Waals surface area contributed by atoms with Crippen molar-refractivity contribution >= 4 is 17.6 Å². The molecular formula is C24H25N3O3. The molecule has 2 aromatic carbocycles. The minimum atomic E-state index is -0.392. The zero-order chi connectivity index (χ0) is 21.3. The van der Waals surface area contributed by atoms with Crippen molar-refractivity contribution in [1.29, 1.82) is 0 Å². The molecule has 1 heterocycles. The van der Waals surface area contributed by atoms with E-state index in [0.717, 1.165) is 41.0 Å². The first-order valence-electron chi connectivity index (χ1n) is 10.2. The predicted octanol–water partition coefficient (Wildman–Crippen LogP) is 4.94. The number of rotatable bonds is 6. The van der Waals surface area contributed by atoms with Crippen LogP contribution in [0.5, 0.6) is 5.88 Å². The van der Waals surface area contributed by atoms with Gasteiger partial charge in [-0.15, -0.1) is 0 Å². The third-order valence-corrected chi connectivity index (χ3v) is 5.04. The second kappa shape index (κ2) is 8.14.